The van der Waals surface area contributed by atoms with Gasteiger partial charge in [-0.15, -0.1) is 5.10 Å². The van der Waals surface area contributed by atoms with Crippen LogP contribution in [0.5, 0.6) is 0 Å². The summed E-state index contributed by atoms with van der Waals surface area (Å²) in [4.78, 5) is 43.8. The highest BCUT2D eigenvalue weighted by atomic mass is 16.1. The summed E-state index contributed by atoms with van der Waals surface area (Å²) in [7, 11) is 2.15. The average Bonchev–Trinajstić information content (AvgIpc) is 3.43. The smallest absolute Gasteiger partial charge is 0.261 e. The van der Waals surface area contributed by atoms with Gasteiger partial charge in [-0.25, -0.2) is 4.98 Å². The number of hydrogen-bond donors (Lipinski definition) is 2. The molecule has 12 heteroatoms. The second-order valence-corrected chi connectivity index (χ2v) is 11.1. The fraction of sp³-hybridized carbons (Fsp3) is 0.273. The molecule has 6 rings (SSSR count). The predicted octanol–water partition coefficient (Wildman–Crippen LogP) is 3.55. The number of anilines is 4. The molecular formula is C33H36N10O2. The van der Waals surface area contributed by atoms with Gasteiger partial charge in [0.05, 0.1) is 12.1 Å². The molecule has 3 N–H and O–H groups in total. The second kappa shape index (κ2) is 13.5. The molecule has 0 atom stereocenters. The molecular weight excluding hydrogens is 568 g/mol. The van der Waals surface area contributed by atoms with Crippen LogP contribution in [-0.2, 0) is 13.0 Å². The molecule has 0 unspecified atom stereocenters. The van der Waals surface area contributed by atoms with E-state index in [2.05, 4.69) is 49.4 Å². The number of benzene rings is 1. The zero-order valence-electron chi connectivity index (χ0n) is 25.2. The Hall–Kier alpha value is -5.36. The number of rotatable bonds is 11. The zero-order valence-corrected chi connectivity index (χ0v) is 25.2. The van der Waals surface area contributed by atoms with Crippen LogP contribution in [0.3, 0.4) is 0 Å². The molecule has 45 heavy (non-hydrogen) atoms. The van der Waals surface area contributed by atoms with Gasteiger partial charge in [-0.3, -0.25) is 14.6 Å². The number of Topliss-reactive ketones (excluding diaryl/α,β-unsaturated/α-hetero) is 1. The molecule has 5 heterocycles. The van der Waals surface area contributed by atoms with Gasteiger partial charge >= 0.3 is 0 Å². The Labute approximate surface area is 261 Å². The van der Waals surface area contributed by atoms with E-state index in [1.165, 1.54) is 14.9 Å². The van der Waals surface area contributed by atoms with E-state index in [-0.39, 0.29) is 29.3 Å². The Morgan fingerprint density at radius 3 is 2.56 bits per heavy atom. The van der Waals surface area contributed by atoms with Crippen LogP contribution >= 0.6 is 0 Å². The maximum atomic E-state index is 13.0. The molecule has 4 aromatic heterocycles. The summed E-state index contributed by atoms with van der Waals surface area (Å²) in [5.74, 6) is 0.917. The Morgan fingerprint density at radius 2 is 1.78 bits per heavy atom. The Morgan fingerprint density at radius 1 is 0.956 bits per heavy atom. The number of carbonyl (C=O) groups is 1. The summed E-state index contributed by atoms with van der Waals surface area (Å²) in [6.45, 7) is 4.48. The first-order chi connectivity index (χ1) is 21.9. The summed E-state index contributed by atoms with van der Waals surface area (Å²) in [5, 5.41) is 7.75. The number of nitrogens with two attached hydrogens (primary N) is 1. The standard InChI is InChI=1S/C33H36N10O2/c1-40-18-20-41(21-19-40)27-14-12-26(13-15-27)37-33-38-32(34)43(39-33)30-11-3-8-25(36-30)7-2-10-29(44)28-9-5-17-42(31(28)45)23-24-6-4-16-35-22-24/h3-6,8-9,11-17,22H,2,7,10,18-21,23H2,1H3,(H3,34,37,38,39). The van der Waals surface area contributed by atoms with E-state index in [0.29, 0.717) is 31.2 Å². The number of pyridine rings is 3. The summed E-state index contributed by atoms with van der Waals surface area (Å²) in [5.41, 5.74) is 9.82. The first-order valence-corrected chi connectivity index (χ1v) is 15.0. The van der Waals surface area contributed by atoms with Gasteiger partial charge in [0.1, 0.15) is 0 Å². The van der Waals surface area contributed by atoms with Crippen LogP contribution in [0.25, 0.3) is 5.82 Å². The molecule has 1 aromatic carbocycles. The lowest BCUT2D eigenvalue weighted by Gasteiger charge is -2.34. The van der Waals surface area contributed by atoms with Crippen LogP contribution in [0.1, 0.15) is 34.5 Å². The van der Waals surface area contributed by atoms with Gasteiger partial charge in [-0.05, 0) is 80.1 Å². The monoisotopic (exact) mass is 604 g/mol. The van der Waals surface area contributed by atoms with Gasteiger partial charge in [0.15, 0.2) is 11.6 Å². The van der Waals surface area contributed by atoms with Gasteiger partial charge in [0.2, 0.25) is 11.9 Å². The Kier molecular flexibility index (Phi) is 8.92. The van der Waals surface area contributed by atoms with Crippen LogP contribution in [0.15, 0.2) is 90.1 Å². The van der Waals surface area contributed by atoms with Crippen molar-refractivity contribution >= 4 is 29.1 Å². The molecule has 5 aromatic rings. The molecule has 1 saturated heterocycles. The van der Waals surface area contributed by atoms with Crippen molar-refractivity contribution in [1.82, 2.24) is 34.2 Å². The summed E-state index contributed by atoms with van der Waals surface area (Å²) in [6, 6.07) is 20.8. The van der Waals surface area contributed by atoms with E-state index in [1.807, 2.05) is 42.5 Å². The van der Waals surface area contributed by atoms with Gasteiger partial charge in [-0.1, -0.05) is 12.1 Å². The van der Waals surface area contributed by atoms with Crippen molar-refractivity contribution in [3.8, 4) is 5.82 Å². The van der Waals surface area contributed by atoms with Crippen molar-refractivity contribution in [3.63, 3.8) is 0 Å². The van der Waals surface area contributed by atoms with Gasteiger partial charge in [0.25, 0.3) is 5.56 Å². The zero-order chi connectivity index (χ0) is 31.2. The van der Waals surface area contributed by atoms with Crippen molar-refractivity contribution in [2.75, 3.05) is 49.2 Å². The Bertz CT molecular complexity index is 1810. The summed E-state index contributed by atoms with van der Waals surface area (Å²) >= 11 is 0. The van der Waals surface area contributed by atoms with Gasteiger partial charge < -0.3 is 25.4 Å². The molecule has 1 fully saturated rings. The number of aryl methyl sites for hydroxylation is 1. The summed E-state index contributed by atoms with van der Waals surface area (Å²) < 4.78 is 3.02. The first kappa shape index (κ1) is 29.7. The van der Waals surface area contributed by atoms with E-state index in [1.54, 1.807) is 30.7 Å². The third-order valence-electron chi connectivity index (χ3n) is 7.87. The topological polar surface area (TPSA) is 140 Å². The maximum absolute atomic E-state index is 13.0. The van der Waals surface area contributed by atoms with Crippen molar-refractivity contribution in [3.05, 3.63) is 112 Å². The van der Waals surface area contributed by atoms with E-state index in [9.17, 15) is 9.59 Å². The fourth-order valence-electron chi connectivity index (χ4n) is 5.35. The Balaban J connectivity index is 1.05. The number of ketones is 1. The maximum Gasteiger partial charge on any atom is 0.261 e. The van der Waals surface area contributed by atoms with Crippen LogP contribution in [0.2, 0.25) is 0 Å². The van der Waals surface area contributed by atoms with Crippen LogP contribution in [0, 0.1) is 0 Å². The number of nitrogens with zero attached hydrogens (tertiary/aromatic N) is 8. The average molecular weight is 605 g/mol. The second-order valence-electron chi connectivity index (χ2n) is 11.1. The lowest BCUT2D eigenvalue weighted by Crippen LogP contribution is -2.44. The van der Waals surface area contributed by atoms with Crippen LogP contribution < -0.4 is 21.5 Å². The molecule has 0 bridgehead atoms. The number of carbonyl (C=O) groups excluding carboxylic acids is 1. The molecule has 230 valence electrons. The molecule has 0 amide bonds. The minimum absolute atomic E-state index is 0.187. The molecule has 12 nitrogen and oxygen atoms in total. The van der Waals surface area contributed by atoms with Crippen LogP contribution in [-0.4, -0.2) is 73.2 Å². The number of hydrogen-bond acceptors (Lipinski definition) is 10. The van der Waals surface area contributed by atoms with E-state index >= 15 is 0 Å². The van der Waals surface area contributed by atoms with Crippen LogP contribution in [0.4, 0.5) is 23.3 Å². The lowest BCUT2D eigenvalue weighted by molar-refractivity contribution is 0.0978. The molecule has 0 aliphatic carbocycles. The molecule has 0 spiro atoms. The third kappa shape index (κ3) is 7.24. The molecule has 0 saturated carbocycles. The first-order valence-electron chi connectivity index (χ1n) is 15.0. The SMILES string of the molecule is CN1CCN(c2ccc(Nc3nc(N)n(-c4cccc(CCCC(=O)c5cccn(Cc6cccnc6)c5=O)n4)n3)cc2)CC1. The van der Waals surface area contributed by atoms with E-state index in [0.717, 1.165) is 43.1 Å². The number of likely N-dealkylation sites (N-methyl/N-ethyl adjacent to an activating group) is 1. The van der Waals surface area contributed by atoms with Crippen molar-refractivity contribution in [2.24, 2.45) is 0 Å². The molecule has 1 aliphatic rings. The van der Waals surface area contributed by atoms with Crippen molar-refractivity contribution in [1.29, 1.82) is 0 Å². The largest absolute Gasteiger partial charge is 0.369 e. The molecule has 0 radical (unpaired) electrons. The van der Waals surface area contributed by atoms with Gasteiger partial charge in [-0.2, -0.15) is 9.67 Å². The number of aromatic nitrogens is 6. The minimum atomic E-state index is -0.302. The number of nitrogen functional groups attached to an aromatic ring is 1. The highest BCUT2D eigenvalue weighted by Gasteiger charge is 2.16. The third-order valence-corrected chi connectivity index (χ3v) is 7.87. The quantitative estimate of drug-likeness (QED) is 0.215. The van der Waals surface area contributed by atoms with Crippen molar-refractivity contribution < 1.29 is 4.79 Å². The highest BCUT2D eigenvalue weighted by Crippen LogP contribution is 2.22. The number of nitrogens with one attached hydrogen (secondary N) is 1. The number of piperazine rings is 1. The van der Waals surface area contributed by atoms with Crippen molar-refractivity contribution in [2.45, 2.75) is 25.8 Å². The summed E-state index contributed by atoms with van der Waals surface area (Å²) in [6.07, 6.45) is 6.39. The van der Waals surface area contributed by atoms with E-state index < -0.39 is 0 Å². The predicted molar refractivity (Wildman–Crippen MR) is 174 cm³/mol. The minimum Gasteiger partial charge on any atom is -0.369 e. The normalized spacial score (nSPS) is 13.6. The highest BCUT2D eigenvalue weighted by molar-refractivity contribution is 5.95. The fourth-order valence-corrected chi connectivity index (χ4v) is 5.35. The lowest BCUT2D eigenvalue weighted by atomic mass is 10.1. The van der Waals surface area contributed by atoms with Gasteiger partial charge in [0, 0.05) is 68.3 Å². The van der Waals surface area contributed by atoms with E-state index in [4.69, 9.17) is 10.7 Å². The molecule has 1 aliphatic heterocycles.